The Morgan fingerprint density at radius 1 is 0.771 bits per heavy atom. The number of rotatable bonds is 6. The number of nitrogens with zero attached hydrogens (tertiary/aromatic N) is 4. The zero-order chi connectivity index (χ0) is 23.3. The number of aromatic nitrogens is 3. The Morgan fingerprint density at radius 3 is 2.03 bits per heavy atom. The first-order chi connectivity index (χ1) is 16.7. The SMILES string of the molecule is O=[N+]([O-])c1ccc(-c2nnc(/C(=C\c3ccc(-c4ccccc4)cc3)[n+]3ccccc3)o2)cc1.[Cl-]. The maximum Gasteiger partial charge on any atom is 0.314 e. The minimum absolute atomic E-state index is 0. The molecule has 7 nitrogen and oxygen atoms in total. The van der Waals surface area contributed by atoms with Gasteiger partial charge in [-0.15, -0.1) is 10.2 Å². The van der Waals surface area contributed by atoms with E-state index in [1.54, 1.807) is 12.1 Å². The molecular formula is C27H19ClN4O3. The summed E-state index contributed by atoms with van der Waals surface area (Å²) in [5.41, 5.74) is 4.57. The molecule has 0 aliphatic carbocycles. The summed E-state index contributed by atoms with van der Waals surface area (Å²) in [6.07, 6.45) is 5.78. The lowest BCUT2D eigenvalue weighted by Gasteiger charge is -2.02. The van der Waals surface area contributed by atoms with Crippen LogP contribution in [0, 0.1) is 10.1 Å². The second-order valence-electron chi connectivity index (χ2n) is 7.52. The van der Waals surface area contributed by atoms with Gasteiger partial charge in [-0.3, -0.25) is 10.1 Å². The molecule has 0 N–H and O–H groups in total. The Labute approximate surface area is 207 Å². The second kappa shape index (κ2) is 10.5. The number of hydrogen-bond donors (Lipinski definition) is 0. The maximum absolute atomic E-state index is 10.9. The standard InChI is InChI=1S/C27H19N4O3.ClH/c32-31(33)24-15-13-23(14-16-24)26-28-29-27(34-26)25(30-17-5-2-6-18-30)19-20-9-11-22(12-10-20)21-7-3-1-4-8-21;/h1-19H;1H/q+1;/p-1/b25-19+;. The van der Waals surface area contributed by atoms with Gasteiger partial charge in [-0.25, -0.2) is 0 Å². The average molecular weight is 483 g/mol. The van der Waals surface area contributed by atoms with Crippen molar-refractivity contribution in [2.45, 2.75) is 0 Å². The van der Waals surface area contributed by atoms with Gasteiger partial charge in [0.1, 0.15) is 0 Å². The summed E-state index contributed by atoms with van der Waals surface area (Å²) in [5, 5.41) is 19.3. The van der Waals surface area contributed by atoms with Gasteiger partial charge in [0.05, 0.1) is 4.92 Å². The first kappa shape index (κ1) is 23.5. The van der Waals surface area contributed by atoms with Crippen LogP contribution < -0.4 is 17.0 Å². The van der Waals surface area contributed by atoms with Gasteiger partial charge in [0, 0.05) is 35.9 Å². The van der Waals surface area contributed by atoms with E-state index in [0.717, 1.165) is 16.7 Å². The van der Waals surface area contributed by atoms with Crippen LogP contribution in [0.4, 0.5) is 5.69 Å². The highest BCUT2D eigenvalue weighted by Crippen LogP contribution is 2.25. The molecule has 0 unspecified atom stereocenters. The van der Waals surface area contributed by atoms with Crippen LogP contribution in [0.5, 0.6) is 0 Å². The van der Waals surface area contributed by atoms with E-state index in [2.05, 4.69) is 34.5 Å². The van der Waals surface area contributed by atoms with Crippen molar-refractivity contribution in [3.8, 4) is 22.6 Å². The van der Waals surface area contributed by atoms with Crippen LogP contribution in [0.1, 0.15) is 11.5 Å². The first-order valence-electron chi connectivity index (χ1n) is 10.6. The molecule has 35 heavy (non-hydrogen) atoms. The fraction of sp³-hybridized carbons (Fsp3) is 0. The predicted molar refractivity (Wildman–Crippen MR) is 128 cm³/mol. The summed E-state index contributed by atoms with van der Waals surface area (Å²) in [6, 6.07) is 30.2. The Hall–Kier alpha value is -4.62. The molecule has 0 amide bonds. The van der Waals surface area contributed by atoms with E-state index in [-0.39, 0.29) is 24.0 Å². The van der Waals surface area contributed by atoms with E-state index in [0.29, 0.717) is 17.2 Å². The average Bonchev–Trinajstić information content (AvgIpc) is 3.39. The van der Waals surface area contributed by atoms with Gasteiger partial charge in [0.25, 0.3) is 11.4 Å². The fourth-order valence-corrected chi connectivity index (χ4v) is 3.54. The first-order valence-corrected chi connectivity index (χ1v) is 10.6. The number of pyridine rings is 1. The van der Waals surface area contributed by atoms with Crippen molar-refractivity contribution in [2.75, 3.05) is 0 Å². The highest BCUT2D eigenvalue weighted by molar-refractivity contribution is 5.74. The number of halogens is 1. The zero-order valence-corrected chi connectivity index (χ0v) is 19.1. The van der Waals surface area contributed by atoms with Crippen LogP contribution in [0.25, 0.3) is 34.4 Å². The lowest BCUT2D eigenvalue weighted by atomic mass is 10.0. The number of benzene rings is 3. The minimum atomic E-state index is -0.445. The van der Waals surface area contributed by atoms with Crippen molar-refractivity contribution in [1.29, 1.82) is 0 Å². The molecule has 2 aromatic heterocycles. The van der Waals surface area contributed by atoms with Gasteiger partial charge >= 0.3 is 5.89 Å². The zero-order valence-electron chi connectivity index (χ0n) is 18.4. The summed E-state index contributed by atoms with van der Waals surface area (Å²) < 4.78 is 7.87. The Bertz CT molecular complexity index is 1450. The van der Waals surface area contributed by atoms with E-state index in [1.807, 2.05) is 71.6 Å². The van der Waals surface area contributed by atoms with Crippen LogP contribution in [0.15, 0.2) is 114 Å². The molecule has 0 aliphatic heterocycles. The second-order valence-corrected chi connectivity index (χ2v) is 7.52. The van der Waals surface area contributed by atoms with Crippen LogP contribution in [-0.4, -0.2) is 15.1 Å². The monoisotopic (exact) mass is 482 g/mol. The van der Waals surface area contributed by atoms with Crippen LogP contribution in [-0.2, 0) is 0 Å². The predicted octanol–water partition coefficient (Wildman–Crippen LogP) is 2.65. The normalized spacial score (nSPS) is 11.0. The summed E-state index contributed by atoms with van der Waals surface area (Å²) in [4.78, 5) is 10.5. The maximum atomic E-state index is 10.9. The third-order valence-corrected chi connectivity index (χ3v) is 5.28. The Balaban J connectivity index is 0.00000289. The van der Waals surface area contributed by atoms with Gasteiger partial charge in [-0.05, 0) is 28.8 Å². The molecule has 0 saturated carbocycles. The molecule has 5 rings (SSSR count). The number of non-ortho nitro benzene ring substituents is 1. The molecule has 2 heterocycles. The van der Waals surface area contributed by atoms with Gasteiger partial charge < -0.3 is 16.8 Å². The molecule has 8 heteroatoms. The summed E-state index contributed by atoms with van der Waals surface area (Å²) in [6.45, 7) is 0. The Morgan fingerprint density at radius 2 is 1.37 bits per heavy atom. The van der Waals surface area contributed by atoms with Gasteiger partial charge in [0.15, 0.2) is 12.4 Å². The van der Waals surface area contributed by atoms with Crippen LogP contribution in [0.2, 0.25) is 0 Å². The molecular weight excluding hydrogens is 464 g/mol. The van der Waals surface area contributed by atoms with Crippen molar-refractivity contribution < 1.29 is 26.3 Å². The lowest BCUT2D eigenvalue weighted by Crippen LogP contribution is -3.00. The smallest absolute Gasteiger partial charge is 0.314 e. The van der Waals surface area contributed by atoms with Crippen LogP contribution in [0.3, 0.4) is 0 Å². The van der Waals surface area contributed by atoms with E-state index >= 15 is 0 Å². The van der Waals surface area contributed by atoms with Gasteiger partial charge in [-0.1, -0.05) is 60.7 Å². The number of nitro benzene ring substituents is 1. The van der Waals surface area contributed by atoms with E-state index in [4.69, 9.17) is 4.42 Å². The third kappa shape index (κ3) is 5.31. The number of nitro groups is 1. The largest absolute Gasteiger partial charge is 1.00 e. The van der Waals surface area contributed by atoms with Crippen molar-refractivity contribution in [3.63, 3.8) is 0 Å². The summed E-state index contributed by atoms with van der Waals surface area (Å²) in [7, 11) is 0. The number of hydrogen-bond acceptors (Lipinski definition) is 5. The molecule has 0 bridgehead atoms. The summed E-state index contributed by atoms with van der Waals surface area (Å²) in [5.74, 6) is 0.614. The lowest BCUT2D eigenvalue weighted by molar-refractivity contribution is -0.579. The van der Waals surface area contributed by atoms with Crippen molar-refractivity contribution >= 4 is 17.5 Å². The van der Waals surface area contributed by atoms with E-state index in [1.165, 1.54) is 12.1 Å². The van der Waals surface area contributed by atoms with Crippen molar-refractivity contribution in [2.24, 2.45) is 0 Å². The molecule has 5 aromatic rings. The molecule has 0 spiro atoms. The molecule has 0 fully saturated rings. The quantitative estimate of drug-likeness (QED) is 0.211. The highest BCUT2D eigenvalue weighted by Gasteiger charge is 2.21. The van der Waals surface area contributed by atoms with Crippen molar-refractivity contribution in [3.05, 3.63) is 131 Å². The molecule has 3 aromatic carbocycles. The van der Waals surface area contributed by atoms with Gasteiger partial charge in [-0.2, -0.15) is 4.57 Å². The fourth-order valence-electron chi connectivity index (χ4n) is 3.54. The van der Waals surface area contributed by atoms with Gasteiger partial charge in [0.2, 0.25) is 5.89 Å². The molecule has 172 valence electrons. The summed E-state index contributed by atoms with van der Waals surface area (Å²) >= 11 is 0. The minimum Gasteiger partial charge on any atom is -1.00 e. The van der Waals surface area contributed by atoms with E-state index < -0.39 is 4.92 Å². The highest BCUT2D eigenvalue weighted by atomic mass is 35.5. The molecule has 0 saturated heterocycles. The molecule has 0 aliphatic rings. The van der Waals surface area contributed by atoms with E-state index in [9.17, 15) is 10.1 Å². The topological polar surface area (TPSA) is 85.9 Å². The van der Waals surface area contributed by atoms with Crippen molar-refractivity contribution in [1.82, 2.24) is 10.2 Å². The third-order valence-electron chi connectivity index (χ3n) is 5.28. The molecule has 0 radical (unpaired) electrons. The molecule has 0 atom stereocenters. The Kier molecular flexibility index (Phi) is 7.09. The van der Waals surface area contributed by atoms with Crippen LogP contribution >= 0.6 is 0 Å².